The van der Waals surface area contributed by atoms with Crippen LogP contribution in [0, 0.1) is 0 Å². The molecule has 0 amide bonds. The van der Waals surface area contributed by atoms with E-state index in [0.29, 0.717) is 5.82 Å². The molecular formula is C75H45N3. The SMILES string of the molecule is c1ccc2cc(-c3ccc(-c4nc(-c5ccc(-c6cnc7ccccc7c6)cc5)c5cc(-c6ccc7c8ccccc8c8ccccc8c7c6)cc(-c6ccc7c8ccccc8c8ccccc8c7c6)c5n4)cc3)ccc2c1. The molecular weight excluding hydrogens is 943 g/mol. The van der Waals surface area contributed by atoms with E-state index in [0.717, 1.165) is 77.6 Å². The first-order chi connectivity index (χ1) is 38.6. The molecule has 0 atom stereocenters. The van der Waals surface area contributed by atoms with Crippen LogP contribution in [0.5, 0.6) is 0 Å². The van der Waals surface area contributed by atoms with Crippen molar-refractivity contribution < 1.29 is 0 Å². The highest BCUT2D eigenvalue weighted by Crippen LogP contribution is 2.44. The predicted octanol–water partition coefficient (Wildman–Crippen LogP) is 20.3. The fourth-order valence-electron chi connectivity index (χ4n) is 12.4. The molecule has 3 heteroatoms. The molecule has 78 heavy (non-hydrogen) atoms. The van der Waals surface area contributed by atoms with Crippen LogP contribution in [-0.2, 0) is 0 Å². The van der Waals surface area contributed by atoms with Crippen LogP contribution in [0.1, 0.15) is 0 Å². The molecule has 2 heterocycles. The molecule has 3 nitrogen and oxygen atoms in total. The fourth-order valence-corrected chi connectivity index (χ4v) is 12.4. The first-order valence-electron chi connectivity index (χ1n) is 26.7. The molecule has 2 aromatic heterocycles. The summed E-state index contributed by atoms with van der Waals surface area (Å²) in [6.45, 7) is 0. The molecule has 0 saturated heterocycles. The lowest BCUT2D eigenvalue weighted by Gasteiger charge is -2.17. The highest BCUT2D eigenvalue weighted by Gasteiger charge is 2.20. The Hall–Kier alpha value is -10.4. The van der Waals surface area contributed by atoms with Crippen molar-refractivity contribution in [2.24, 2.45) is 0 Å². The Morgan fingerprint density at radius 3 is 1.24 bits per heavy atom. The van der Waals surface area contributed by atoms with Crippen molar-refractivity contribution >= 4 is 97.2 Å². The minimum atomic E-state index is 0.667. The predicted molar refractivity (Wildman–Crippen MR) is 330 cm³/mol. The maximum Gasteiger partial charge on any atom is 0.160 e. The van der Waals surface area contributed by atoms with E-state index in [1.807, 2.05) is 12.3 Å². The number of nitrogens with zero attached hydrogens (tertiary/aromatic N) is 3. The van der Waals surface area contributed by atoms with Gasteiger partial charge in [0.25, 0.3) is 0 Å². The van der Waals surface area contributed by atoms with Gasteiger partial charge in [0.15, 0.2) is 5.82 Å². The number of benzene rings is 14. The Labute approximate surface area is 450 Å². The summed E-state index contributed by atoms with van der Waals surface area (Å²) < 4.78 is 0. The second-order valence-corrected chi connectivity index (χ2v) is 20.7. The summed E-state index contributed by atoms with van der Waals surface area (Å²) in [4.78, 5) is 16.1. The Balaban J connectivity index is 0.955. The Kier molecular flexibility index (Phi) is 9.94. The number of hydrogen-bond donors (Lipinski definition) is 0. The van der Waals surface area contributed by atoms with E-state index >= 15 is 0 Å². The third-order valence-corrected chi connectivity index (χ3v) is 16.2. The van der Waals surface area contributed by atoms with Gasteiger partial charge in [0.1, 0.15) is 0 Å². The summed E-state index contributed by atoms with van der Waals surface area (Å²) in [7, 11) is 0. The van der Waals surface area contributed by atoms with Crippen molar-refractivity contribution in [3.8, 4) is 67.2 Å². The average Bonchev–Trinajstić information content (AvgIpc) is 3.71. The van der Waals surface area contributed by atoms with Gasteiger partial charge in [-0.3, -0.25) is 4.98 Å². The van der Waals surface area contributed by atoms with Crippen LogP contribution < -0.4 is 0 Å². The average molecular weight is 988 g/mol. The molecule has 0 saturated carbocycles. The maximum absolute atomic E-state index is 5.68. The lowest BCUT2D eigenvalue weighted by Crippen LogP contribution is -1.98. The Morgan fingerprint density at radius 1 is 0.218 bits per heavy atom. The highest BCUT2D eigenvalue weighted by atomic mass is 14.9. The molecule has 0 aliphatic rings. The van der Waals surface area contributed by atoms with Gasteiger partial charge in [-0.1, -0.05) is 224 Å². The van der Waals surface area contributed by atoms with Crippen molar-refractivity contribution in [1.29, 1.82) is 0 Å². The van der Waals surface area contributed by atoms with Crippen LogP contribution in [0.3, 0.4) is 0 Å². The van der Waals surface area contributed by atoms with Gasteiger partial charge in [-0.25, -0.2) is 9.97 Å². The quantitative estimate of drug-likeness (QED) is 0.156. The lowest BCUT2D eigenvalue weighted by atomic mass is 9.88. The van der Waals surface area contributed by atoms with Gasteiger partial charge in [-0.15, -0.1) is 0 Å². The number of hydrogen-bond acceptors (Lipinski definition) is 3. The molecule has 16 aromatic rings. The molecule has 0 aliphatic carbocycles. The Bertz CT molecular complexity index is 5060. The normalized spacial score (nSPS) is 11.8. The number of aromatic nitrogens is 3. The fraction of sp³-hybridized carbons (Fsp3) is 0. The minimum absolute atomic E-state index is 0.667. The van der Waals surface area contributed by atoms with Crippen molar-refractivity contribution in [3.63, 3.8) is 0 Å². The molecule has 16 rings (SSSR count). The van der Waals surface area contributed by atoms with Gasteiger partial charge in [0, 0.05) is 39.2 Å². The lowest BCUT2D eigenvalue weighted by molar-refractivity contribution is 1.23. The number of para-hydroxylation sites is 1. The monoisotopic (exact) mass is 987 g/mol. The van der Waals surface area contributed by atoms with Gasteiger partial charge >= 0.3 is 0 Å². The summed E-state index contributed by atoms with van der Waals surface area (Å²) in [5.74, 6) is 0.667. The third kappa shape index (κ3) is 7.17. The van der Waals surface area contributed by atoms with E-state index in [4.69, 9.17) is 15.0 Å². The van der Waals surface area contributed by atoms with E-state index in [2.05, 4.69) is 261 Å². The molecule has 14 aromatic carbocycles. The van der Waals surface area contributed by atoms with E-state index in [9.17, 15) is 0 Å². The summed E-state index contributed by atoms with van der Waals surface area (Å²) >= 11 is 0. The van der Waals surface area contributed by atoms with Crippen molar-refractivity contribution in [2.75, 3.05) is 0 Å². The van der Waals surface area contributed by atoms with Crippen molar-refractivity contribution in [1.82, 2.24) is 15.0 Å². The largest absolute Gasteiger partial charge is 0.256 e. The number of fused-ring (bicyclic) bond motifs is 15. The standard InChI is InChI=1S/C75H45N3/c1-2-14-51-39-52(34-29-46(51)13-1)47-27-32-50(33-28-47)75-77-73(49-30-25-48(26-31-49)57-40-55-15-3-12-24-72(55)76-45-57)71-44-56(53-35-37-66-62-20-6-4-16-58(62)60-18-8-10-22-64(60)69(66)41-53)43-68(74(71)78-75)54-36-38-67-63-21-7-5-17-59(63)61-19-9-11-23-65(61)70(67)42-54/h1-45H. The first kappa shape index (κ1) is 44.0. The van der Waals surface area contributed by atoms with Crippen LogP contribution >= 0.6 is 0 Å². The summed E-state index contributed by atoms with van der Waals surface area (Å²) in [5, 5.41) is 19.4. The summed E-state index contributed by atoms with van der Waals surface area (Å²) in [6, 6.07) is 97.3. The summed E-state index contributed by atoms with van der Waals surface area (Å²) in [6.07, 6.45) is 1.97. The van der Waals surface area contributed by atoms with E-state index < -0.39 is 0 Å². The zero-order valence-electron chi connectivity index (χ0n) is 42.3. The molecule has 0 aliphatic heterocycles. The van der Waals surface area contributed by atoms with Crippen LogP contribution in [0.4, 0.5) is 0 Å². The molecule has 0 bridgehead atoms. The highest BCUT2D eigenvalue weighted by molar-refractivity contribution is 6.27. The van der Waals surface area contributed by atoms with Gasteiger partial charge in [-0.2, -0.15) is 0 Å². The topological polar surface area (TPSA) is 38.7 Å². The molecule has 360 valence electrons. The van der Waals surface area contributed by atoms with E-state index in [-0.39, 0.29) is 0 Å². The van der Waals surface area contributed by atoms with Gasteiger partial charge < -0.3 is 0 Å². The van der Waals surface area contributed by atoms with Crippen LogP contribution in [-0.4, -0.2) is 15.0 Å². The molecule has 0 fully saturated rings. The third-order valence-electron chi connectivity index (χ3n) is 16.2. The van der Waals surface area contributed by atoms with Crippen LogP contribution in [0.15, 0.2) is 273 Å². The number of pyridine rings is 1. The van der Waals surface area contributed by atoms with Crippen LogP contribution in [0.2, 0.25) is 0 Å². The van der Waals surface area contributed by atoms with E-state index in [1.165, 1.54) is 81.0 Å². The smallest absolute Gasteiger partial charge is 0.160 e. The zero-order chi connectivity index (χ0) is 51.3. The van der Waals surface area contributed by atoms with Gasteiger partial charge in [0.2, 0.25) is 0 Å². The van der Waals surface area contributed by atoms with Gasteiger partial charge in [-0.05, 0) is 151 Å². The molecule has 0 unspecified atom stereocenters. The first-order valence-corrected chi connectivity index (χ1v) is 26.7. The molecule has 0 radical (unpaired) electrons. The van der Waals surface area contributed by atoms with Crippen LogP contribution in [0.25, 0.3) is 164 Å². The zero-order valence-corrected chi connectivity index (χ0v) is 42.3. The number of rotatable bonds is 6. The van der Waals surface area contributed by atoms with Gasteiger partial charge in [0.05, 0.1) is 16.7 Å². The molecule has 0 spiro atoms. The second-order valence-electron chi connectivity index (χ2n) is 20.7. The second kappa shape index (κ2) is 17.6. The molecule has 0 N–H and O–H groups in total. The van der Waals surface area contributed by atoms with E-state index in [1.54, 1.807) is 0 Å². The maximum atomic E-state index is 5.68. The minimum Gasteiger partial charge on any atom is -0.256 e. The summed E-state index contributed by atoms with van der Waals surface area (Å²) in [5.41, 5.74) is 13.5. The van der Waals surface area contributed by atoms with Crippen molar-refractivity contribution in [3.05, 3.63) is 273 Å². The Morgan fingerprint density at radius 2 is 0.628 bits per heavy atom. The van der Waals surface area contributed by atoms with Crippen molar-refractivity contribution in [2.45, 2.75) is 0 Å².